The Morgan fingerprint density at radius 2 is 1.86 bits per heavy atom. The molecule has 0 saturated heterocycles. The van der Waals surface area contributed by atoms with E-state index in [9.17, 15) is 0 Å². The molecule has 0 saturated carbocycles. The average Bonchev–Trinajstić information content (AvgIpc) is 2.86. The van der Waals surface area contributed by atoms with Gasteiger partial charge in [-0.2, -0.15) is 0 Å². The van der Waals surface area contributed by atoms with Crippen molar-refractivity contribution in [2.45, 2.75) is 33.2 Å². The van der Waals surface area contributed by atoms with Gasteiger partial charge in [-0.3, -0.25) is 0 Å². The van der Waals surface area contributed by atoms with Crippen LogP contribution >= 0.6 is 22.9 Å². The van der Waals surface area contributed by atoms with Crippen LogP contribution in [0, 0.1) is 5.41 Å². The molecule has 0 aliphatic carbocycles. The molecule has 0 bridgehead atoms. The maximum atomic E-state index is 5.80. The molecule has 1 aromatic heterocycles. The third-order valence-corrected chi connectivity index (χ3v) is 4.30. The lowest BCUT2D eigenvalue weighted by molar-refractivity contribution is 0.221. The minimum Gasteiger partial charge on any atom is -0.302 e. The Labute approximate surface area is 136 Å². The Bertz CT molecular complexity index is 569. The lowest BCUT2D eigenvalue weighted by Gasteiger charge is -2.26. The first kappa shape index (κ1) is 16.5. The molecule has 0 spiro atoms. The molecule has 0 aliphatic rings. The molecule has 1 aromatic carbocycles. The third-order valence-electron chi connectivity index (χ3n) is 3.09. The summed E-state index contributed by atoms with van der Waals surface area (Å²) in [5.74, 6) is 0.478. The largest absolute Gasteiger partial charge is 0.302 e. The zero-order valence-electron chi connectivity index (χ0n) is 13.2. The van der Waals surface area contributed by atoms with E-state index in [4.69, 9.17) is 11.6 Å². The van der Waals surface area contributed by atoms with E-state index in [1.165, 1.54) is 11.1 Å². The number of benzene rings is 1. The Balaban J connectivity index is 2.02. The maximum absolute atomic E-state index is 5.80. The first-order valence-electron chi connectivity index (χ1n) is 7.15. The van der Waals surface area contributed by atoms with Gasteiger partial charge in [0.1, 0.15) is 5.01 Å². The van der Waals surface area contributed by atoms with Gasteiger partial charge in [-0.05, 0) is 18.0 Å². The second-order valence-electron chi connectivity index (χ2n) is 6.71. The van der Waals surface area contributed by atoms with Gasteiger partial charge < -0.3 is 4.90 Å². The molecule has 114 valence electrons. The Hall–Kier alpha value is -0.900. The van der Waals surface area contributed by atoms with Gasteiger partial charge in [0, 0.05) is 24.0 Å². The van der Waals surface area contributed by atoms with Crippen molar-refractivity contribution in [3.05, 3.63) is 40.9 Å². The zero-order valence-corrected chi connectivity index (χ0v) is 14.8. The second kappa shape index (κ2) is 6.91. The van der Waals surface area contributed by atoms with Crippen molar-refractivity contribution >= 4 is 22.9 Å². The predicted molar refractivity (Wildman–Crippen MR) is 92.9 cm³/mol. The first-order chi connectivity index (χ1) is 9.87. The van der Waals surface area contributed by atoms with Crippen LogP contribution in [0.5, 0.6) is 0 Å². The van der Waals surface area contributed by atoms with E-state index in [1.54, 1.807) is 11.3 Å². The van der Waals surface area contributed by atoms with Crippen LogP contribution in [0.25, 0.3) is 10.6 Å². The fourth-order valence-corrected chi connectivity index (χ4v) is 3.49. The van der Waals surface area contributed by atoms with Crippen LogP contribution in [-0.4, -0.2) is 23.5 Å². The number of aromatic nitrogens is 1. The molecule has 0 atom stereocenters. The van der Waals surface area contributed by atoms with Crippen molar-refractivity contribution in [1.82, 2.24) is 9.88 Å². The summed E-state index contributed by atoms with van der Waals surface area (Å²) < 4.78 is 0. The quantitative estimate of drug-likeness (QED) is 0.718. The van der Waals surface area contributed by atoms with Crippen LogP contribution in [0.1, 0.15) is 32.0 Å². The van der Waals surface area contributed by atoms with Gasteiger partial charge in [-0.25, -0.2) is 4.98 Å². The average molecular weight is 323 g/mol. The molecule has 2 aromatic rings. The van der Waals surface area contributed by atoms with E-state index >= 15 is 0 Å². The lowest BCUT2D eigenvalue weighted by atomic mass is 9.96. The van der Waals surface area contributed by atoms with Crippen molar-refractivity contribution in [2.24, 2.45) is 5.41 Å². The summed E-state index contributed by atoms with van der Waals surface area (Å²) in [6, 6.07) is 8.68. The van der Waals surface area contributed by atoms with Crippen LogP contribution < -0.4 is 0 Å². The summed E-state index contributed by atoms with van der Waals surface area (Å²) in [6.07, 6.45) is 0. The highest BCUT2D eigenvalue weighted by Gasteiger charge is 2.13. The highest BCUT2D eigenvalue weighted by atomic mass is 35.5. The van der Waals surface area contributed by atoms with Gasteiger partial charge in [-0.15, -0.1) is 22.9 Å². The van der Waals surface area contributed by atoms with Gasteiger partial charge >= 0.3 is 0 Å². The monoisotopic (exact) mass is 322 g/mol. The number of alkyl halides is 1. The molecule has 2 rings (SSSR count). The van der Waals surface area contributed by atoms with Crippen molar-refractivity contribution in [1.29, 1.82) is 0 Å². The topological polar surface area (TPSA) is 16.1 Å². The number of thiazole rings is 1. The van der Waals surface area contributed by atoms with E-state index in [0.717, 1.165) is 23.8 Å². The highest BCUT2D eigenvalue weighted by Crippen LogP contribution is 2.25. The van der Waals surface area contributed by atoms with Gasteiger partial charge in [0.05, 0.1) is 11.6 Å². The molecule has 0 unspecified atom stereocenters. The Morgan fingerprint density at radius 3 is 2.38 bits per heavy atom. The summed E-state index contributed by atoms with van der Waals surface area (Å²) in [7, 11) is 2.17. The molecule has 0 N–H and O–H groups in total. The standard InChI is InChI=1S/C17H23ClN2S/c1-17(2,3)12-20(4)10-13-5-7-14(8-6-13)16-19-15(9-18)11-21-16/h5-8,11H,9-10,12H2,1-4H3. The summed E-state index contributed by atoms with van der Waals surface area (Å²) in [4.78, 5) is 6.88. The summed E-state index contributed by atoms with van der Waals surface area (Å²) in [5.41, 5.74) is 3.77. The first-order valence-corrected chi connectivity index (χ1v) is 8.57. The Morgan fingerprint density at radius 1 is 1.19 bits per heavy atom. The second-order valence-corrected chi connectivity index (χ2v) is 7.83. The SMILES string of the molecule is CN(Cc1ccc(-c2nc(CCl)cs2)cc1)CC(C)(C)C. The van der Waals surface area contributed by atoms with Gasteiger partial charge in [0.15, 0.2) is 0 Å². The van der Waals surface area contributed by atoms with Crippen molar-refractivity contribution < 1.29 is 0 Å². The molecule has 0 fully saturated rings. The fourth-order valence-electron chi connectivity index (χ4n) is 2.43. The van der Waals surface area contributed by atoms with E-state index in [1.807, 2.05) is 5.38 Å². The molecular formula is C17H23ClN2S. The van der Waals surface area contributed by atoms with E-state index in [0.29, 0.717) is 11.3 Å². The number of hydrogen-bond acceptors (Lipinski definition) is 3. The molecule has 2 nitrogen and oxygen atoms in total. The van der Waals surface area contributed by atoms with E-state index < -0.39 is 0 Å². The molecule has 0 aliphatic heterocycles. The normalized spacial score (nSPS) is 12.1. The van der Waals surface area contributed by atoms with Crippen LogP contribution in [0.2, 0.25) is 0 Å². The molecule has 4 heteroatoms. The predicted octanol–water partition coefficient (Wildman–Crippen LogP) is 5.03. The summed E-state index contributed by atoms with van der Waals surface area (Å²) >= 11 is 7.45. The smallest absolute Gasteiger partial charge is 0.123 e. The van der Waals surface area contributed by atoms with Crippen molar-refractivity contribution in [3.8, 4) is 10.6 Å². The summed E-state index contributed by atoms with van der Waals surface area (Å²) in [6.45, 7) is 8.86. The maximum Gasteiger partial charge on any atom is 0.123 e. The molecule has 1 heterocycles. The summed E-state index contributed by atoms with van der Waals surface area (Å²) in [5, 5.41) is 3.06. The van der Waals surface area contributed by atoms with Crippen LogP contribution in [-0.2, 0) is 12.4 Å². The van der Waals surface area contributed by atoms with E-state index in [-0.39, 0.29) is 0 Å². The fraction of sp³-hybridized carbons (Fsp3) is 0.471. The van der Waals surface area contributed by atoms with Gasteiger partial charge in [0.25, 0.3) is 0 Å². The highest BCUT2D eigenvalue weighted by molar-refractivity contribution is 7.13. The number of nitrogens with zero attached hydrogens (tertiary/aromatic N) is 2. The van der Waals surface area contributed by atoms with Crippen LogP contribution in [0.3, 0.4) is 0 Å². The molecular weight excluding hydrogens is 300 g/mol. The minimum absolute atomic E-state index is 0.327. The zero-order chi connectivity index (χ0) is 15.5. The van der Waals surface area contributed by atoms with Gasteiger partial charge in [0.2, 0.25) is 0 Å². The van der Waals surface area contributed by atoms with E-state index in [2.05, 4.69) is 62.0 Å². The number of rotatable bonds is 5. The minimum atomic E-state index is 0.327. The molecule has 21 heavy (non-hydrogen) atoms. The lowest BCUT2D eigenvalue weighted by Crippen LogP contribution is -2.28. The van der Waals surface area contributed by atoms with Gasteiger partial charge in [-0.1, -0.05) is 45.0 Å². The Kier molecular flexibility index (Phi) is 5.42. The number of hydrogen-bond donors (Lipinski definition) is 0. The van der Waals surface area contributed by atoms with Crippen molar-refractivity contribution in [2.75, 3.05) is 13.6 Å². The molecule has 0 radical (unpaired) electrons. The van der Waals surface area contributed by atoms with Crippen molar-refractivity contribution in [3.63, 3.8) is 0 Å². The van der Waals surface area contributed by atoms with Crippen LogP contribution in [0.4, 0.5) is 0 Å². The number of halogens is 1. The third kappa shape index (κ3) is 5.10. The molecule has 0 amide bonds. The van der Waals surface area contributed by atoms with Crippen LogP contribution in [0.15, 0.2) is 29.6 Å².